The number of anilines is 1. The minimum atomic E-state index is -0.640. The molecule has 1 aliphatic carbocycles. The molecular weight excluding hydrogens is 779 g/mol. The van der Waals surface area contributed by atoms with E-state index in [0.717, 1.165) is 80.5 Å². The Morgan fingerprint density at radius 1 is 0.852 bits per heavy atom. The van der Waals surface area contributed by atoms with Gasteiger partial charge in [0.2, 0.25) is 5.69 Å². The summed E-state index contributed by atoms with van der Waals surface area (Å²) in [5.41, 5.74) is 9.64. The van der Waals surface area contributed by atoms with Crippen LogP contribution >= 0.6 is 12.0 Å². The van der Waals surface area contributed by atoms with Gasteiger partial charge in [-0.2, -0.15) is 8.91 Å². The molecule has 0 radical (unpaired) electrons. The number of benzene rings is 4. The second kappa shape index (κ2) is 18.4. The van der Waals surface area contributed by atoms with Crippen LogP contribution in [-0.2, 0) is 24.9 Å². The van der Waals surface area contributed by atoms with E-state index in [1.807, 2.05) is 27.8 Å². The molecule has 61 heavy (non-hydrogen) atoms. The number of allylic oxidation sites excluding steroid dienone is 7. The molecule has 2 aliphatic heterocycles. The molecule has 322 valence electrons. The number of unbranched alkanes of at least 4 members (excludes halogenated alkanes) is 3. The zero-order valence-corrected chi connectivity index (χ0v) is 38.4. The molecule has 9 heteroatoms. The van der Waals surface area contributed by atoms with Gasteiger partial charge in [-0.1, -0.05) is 93.9 Å². The Morgan fingerprint density at radius 3 is 2.23 bits per heavy atom. The van der Waals surface area contributed by atoms with Gasteiger partial charge in [0.25, 0.3) is 0 Å². The number of likely N-dealkylation sites (N-methyl/N-ethyl adjacent to an activating group) is 1. The predicted octanol–water partition coefficient (Wildman–Crippen LogP) is 12.3. The minimum Gasteiger partial charge on any atom is -0.691 e. The first kappa shape index (κ1) is 44.4. The lowest BCUT2D eigenvalue weighted by molar-refractivity contribution is -0.777. The third-order valence-corrected chi connectivity index (χ3v) is 13.2. The largest absolute Gasteiger partial charge is 0.691 e. The topological polar surface area (TPSA) is 77.3 Å². The lowest BCUT2D eigenvalue weighted by Gasteiger charge is -2.28. The van der Waals surface area contributed by atoms with Gasteiger partial charge < -0.3 is 14.9 Å². The van der Waals surface area contributed by atoms with E-state index in [2.05, 4.69) is 151 Å². The zero-order chi connectivity index (χ0) is 43.5. The summed E-state index contributed by atoms with van der Waals surface area (Å²) in [5.74, 6) is 0.657. The highest BCUT2D eigenvalue weighted by molar-refractivity contribution is 7.94. The summed E-state index contributed by atoms with van der Waals surface area (Å²) in [4.78, 5) is 18.1. The van der Waals surface area contributed by atoms with E-state index in [1.54, 1.807) is 4.90 Å². The van der Waals surface area contributed by atoms with Gasteiger partial charge in [0.15, 0.2) is 5.71 Å². The molecule has 0 aromatic heterocycles. The number of rotatable bonds is 15. The van der Waals surface area contributed by atoms with Crippen molar-refractivity contribution in [2.45, 2.75) is 117 Å². The second-order valence-electron chi connectivity index (χ2n) is 18.7. The van der Waals surface area contributed by atoms with Gasteiger partial charge in [-0.3, -0.25) is 9.94 Å². The molecule has 0 saturated heterocycles. The fourth-order valence-electron chi connectivity index (χ4n) is 9.81. The second-order valence-corrected chi connectivity index (χ2v) is 19.4. The van der Waals surface area contributed by atoms with Crippen molar-refractivity contribution in [1.82, 2.24) is 4.90 Å². The molecule has 0 spiro atoms. The fourth-order valence-corrected chi connectivity index (χ4v) is 10.2. The van der Waals surface area contributed by atoms with Crippen LogP contribution in [0.3, 0.4) is 0 Å². The zero-order valence-electron chi connectivity index (χ0n) is 37.6. The van der Waals surface area contributed by atoms with Gasteiger partial charge in [0.1, 0.15) is 12.1 Å². The molecule has 8 nitrogen and oxygen atoms in total. The van der Waals surface area contributed by atoms with Crippen molar-refractivity contribution in [3.05, 3.63) is 131 Å². The Labute approximate surface area is 367 Å². The van der Waals surface area contributed by atoms with Crippen LogP contribution in [0.25, 0.3) is 21.5 Å². The van der Waals surface area contributed by atoms with Crippen LogP contribution in [0.15, 0.2) is 120 Å². The van der Waals surface area contributed by atoms with Crippen molar-refractivity contribution in [2.24, 2.45) is 0 Å². The maximum Gasteiger partial charge on any atom is 0.414 e. The van der Waals surface area contributed by atoms with E-state index in [9.17, 15) is 10.1 Å². The average Bonchev–Trinajstić information content (AvgIpc) is 3.80. The van der Waals surface area contributed by atoms with E-state index in [4.69, 9.17) is 4.74 Å². The molecule has 7 rings (SSSR count). The summed E-state index contributed by atoms with van der Waals surface area (Å²) in [7, 11) is 1.85. The van der Waals surface area contributed by atoms with Gasteiger partial charge in [0.05, 0.1) is 11.1 Å². The van der Waals surface area contributed by atoms with E-state index < -0.39 is 5.60 Å². The number of nitrogens with zero attached hydrogens (tertiary/aromatic N) is 3. The van der Waals surface area contributed by atoms with Crippen LogP contribution in [0.4, 0.5) is 16.2 Å². The van der Waals surface area contributed by atoms with Crippen LogP contribution in [-0.4, -0.2) is 52.8 Å². The summed E-state index contributed by atoms with van der Waals surface area (Å²) in [5, 5.41) is 18.9. The van der Waals surface area contributed by atoms with Crippen LogP contribution < -0.4 is 10.2 Å². The summed E-state index contributed by atoms with van der Waals surface area (Å²) in [6.45, 7) is 19.1. The van der Waals surface area contributed by atoms with E-state index >= 15 is 0 Å². The smallest absolute Gasteiger partial charge is 0.414 e. The summed E-state index contributed by atoms with van der Waals surface area (Å²) in [6.07, 6.45) is 15.6. The molecular formula is C52H63N3O5S. The number of fused-ring (bicyclic) bond motifs is 6. The SMILES string of the molecule is CCCCC[N+]1=C(/C=C/C2=C(N(C)C(=O)OC(C)(C)C)C(=C/C=C3/N(CCCCSOO[O-])c4ccc5ccccc5c4C3(C)C)/CC2)C(C)(C)c2c1ccc1ccccc21. The van der Waals surface area contributed by atoms with E-state index in [1.165, 1.54) is 61.9 Å². The number of hydrogen-bond acceptors (Lipinski definition) is 7. The molecule has 3 aliphatic rings. The monoisotopic (exact) mass is 841 g/mol. The lowest BCUT2D eigenvalue weighted by Crippen LogP contribution is -2.34. The van der Waals surface area contributed by atoms with Crippen LogP contribution in [0.5, 0.6) is 0 Å². The molecule has 0 unspecified atom stereocenters. The maximum absolute atomic E-state index is 13.9. The third-order valence-electron chi connectivity index (χ3n) is 12.6. The maximum atomic E-state index is 13.9. The Hall–Kier alpha value is -4.67. The van der Waals surface area contributed by atoms with E-state index in [0.29, 0.717) is 5.75 Å². The van der Waals surface area contributed by atoms with Gasteiger partial charge in [-0.05, 0) is 123 Å². The van der Waals surface area contributed by atoms with Crippen molar-refractivity contribution in [3.8, 4) is 0 Å². The van der Waals surface area contributed by atoms with Crippen LogP contribution in [0.1, 0.15) is 111 Å². The summed E-state index contributed by atoms with van der Waals surface area (Å²) >= 11 is 1.04. The molecule has 0 N–H and O–H groups in total. The first-order valence-electron chi connectivity index (χ1n) is 22.0. The lowest BCUT2D eigenvalue weighted by atomic mass is 9.79. The van der Waals surface area contributed by atoms with Gasteiger partial charge in [-0.25, -0.2) is 4.79 Å². The molecule has 0 atom stereocenters. The van der Waals surface area contributed by atoms with Crippen molar-refractivity contribution in [1.29, 1.82) is 0 Å². The molecule has 1 amide bonds. The number of hydrogen-bond donors (Lipinski definition) is 0. The first-order chi connectivity index (χ1) is 29.2. The molecule has 0 bridgehead atoms. The Bertz CT molecular complexity index is 2450. The van der Waals surface area contributed by atoms with Gasteiger partial charge in [0, 0.05) is 72.3 Å². The average molecular weight is 842 g/mol. The fraction of sp³-hybridized carbons (Fsp3) is 0.423. The van der Waals surface area contributed by atoms with Crippen LogP contribution in [0.2, 0.25) is 0 Å². The van der Waals surface area contributed by atoms with Crippen molar-refractivity contribution in [2.75, 3.05) is 30.8 Å². The van der Waals surface area contributed by atoms with Crippen molar-refractivity contribution >= 4 is 56.8 Å². The molecule has 4 aromatic carbocycles. The molecule has 0 saturated carbocycles. The molecule has 2 heterocycles. The highest BCUT2D eigenvalue weighted by Crippen LogP contribution is 2.51. The minimum absolute atomic E-state index is 0.232. The predicted molar refractivity (Wildman–Crippen MR) is 250 cm³/mol. The summed E-state index contributed by atoms with van der Waals surface area (Å²) < 4.78 is 13.1. The van der Waals surface area contributed by atoms with Crippen molar-refractivity contribution in [3.63, 3.8) is 0 Å². The highest BCUT2D eigenvalue weighted by atomic mass is 32.2. The molecule has 0 fully saturated rings. The number of amides is 1. The van der Waals surface area contributed by atoms with E-state index in [-0.39, 0.29) is 16.9 Å². The van der Waals surface area contributed by atoms with Crippen molar-refractivity contribution < 1.29 is 28.7 Å². The Morgan fingerprint density at radius 2 is 1.54 bits per heavy atom. The highest BCUT2D eigenvalue weighted by Gasteiger charge is 2.46. The quantitative estimate of drug-likeness (QED) is 0.0388. The first-order valence-corrected chi connectivity index (χ1v) is 22.9. The number of ether oxygens (including phenoxy) is 1. The van der Waals surface area contributed by atoms with Crippen LogP contribution in [0, 0.1) is 0 Å². The number of carbonyl (C=O) groups is 1. The Kier molecular flexibility index (Phi) is 13.4. The number of carbonyl (C=O) groups excluding carboxylic acids is 1. The molecule has 4 aromatic rings. The Balaban J connectivity index is 1.31. The van der Waals surface area contributed by atoms with Gasteiger partial charge >= 0.3 is 6.09 Å². The third kappa shape index (κ3) is 8.99. The van der Waals surface area contributed by atoms with Gasteiger partial charge in [-0.15, -0.1) is 0 Å². The standard InChI is InChI=1S/C52H63N3O5S/c1-10-11-16-33-54-42-29-25-36-19-12-14-21-40(36)46(42)51(5,6)44(54)31-27-38-23-24-39(48(38)53(9)49(56)58-50(2,3)4)28-32-45-52(7,8)47-41-22-15-13-20-37(41)26-30-43(47)55(45)34-17-18-35-61-60-59-57/h12-15,19-22,25-32H,10-11,16-18,23-24,33-35H2,1-9H3. The summed E-state index contributed by atoms with van der Waals surface area (Å²) in [6, 6.07) is 26.4. The normalized spacial score (nSPS) is 18.4.